The van der Waals surface area contributed by atoms with E-state index < -0.39 is 5.60 Å². The molecular weight excluding hydrogens is 471 g/mol. The Morgan fingerprint density at radius 1 is 1.39 bits per heavy atom. The zero-order valence-corrected chi connectivity index (χ0v) is 20.0. The number of ether oxygens (including phenoxy) is 1. The van der Waals surface area contributed by atoms with Crippen molar-refractivity contribution in [2.45, 2.75) is 45.9 Å². The number of aliphatic imine (C=N–C) groups is 1. The molecular formula is C19H33IN6O2. The number of amides is 1. The fourth-order valence-corrected chi connectivity index (χ4v) is 2.53. The minimum absolute atomic E-state index is 0. The van der Waals surface area contributed by atoms with Crippen molar-refractivity contribution in [2.24, 2.45) is 4.99 Å². The van der Waals surface area contributed by atoms with Gasteiger partial charge in [0.25, 0.3) is 0 Å². The van der Waals surface area contributed by atoms with Gasteiger partial charge in [0.2, 0.25) is 0 Å². The number of carbonyl (C=O) groups excluding carboxylic acids is 1. The number of hydrogen-bond acceptors (Lipinski definition) is 5. The number of nitrogens with zero attached hydrogens (tertiary/aromatic N) is 4. The summed E-state index contributed by atoms with van der Waals surface area (Å²) in [7, 11) is 3.93. The Balaban J connectivity index is 0.00000392. The summed E-state index contributed by atoms with van der Waals surface area (Å²) in [5.41, 5.74) is 0.622. The van der Waals surface area contributed by atoms with E-state index in [1.54, 1.807) is 11.1 Å². The minimum Gasteiger partial charge on any atom is -0.444 e. The van der Waals surface area contributed by atoms with Gasteiger partial charge in [0.05, 0.1) is 12.6 Å². The highest BCUT2D eigenvalue weighted by Crippen LogP contribution is 2.15. The van der Waals surface area contributed by atoms with Gasteiger partial charge >= 0.3 is 6.09 Å². The number of aromatic nitrogens is 1. The lowest BCUT2D eigenvalue weighted by molar-refractivity contribution is 0.00701. The minimum atomic E-state index is -0.470. The lowest BCUT2D eigenvalue weighted by Gasteiger charge is -2.40. The number of hydrogen-bond donors (Lipinski definition) is 2. The van der Waals surface area contributed by atoms with Crippen LogP contribution in [0.3, 0.4) is 0 Å². The van der Waals surface area contributed by atoms with Gasteiger partial charge in [-0.15, -0.1) is 24.0 Å². The van der Waals surface area contributed by atoms with Gasteiger partial charge in [0.15, 0.2) is 5.96 Å². The maximum atomic E-state index is 12.0. The number of rotatable bonds is 5. The molecule has 1 aliphatic rings. The second-order valence-corrected chi connectivity index (χ2v) is 7.84. The molecule has 1 fully saturated rings. The SMILES string of the molecule is CCNC(=NCc1ccnc(N(C)C)c1)NC1CN(C(=O)OC(C)(C)C)C1.I. The number of guanidine groups is 1. The van der Waals surface area contributed by atoms with Crippen molar-refractivity contribution in [3.8, 4) is 0 Å². The van der Waals surface area contributed by atoms with E-state index in [9.17, 15) is 4.79 Å². The van der Waals surface area contributed by atoms with Crippen LogP contribution in [-0.2, 0) is 11.3 Å². The molecule has 28 heavy (non-hydrogen) atoms. The predicted octanol–water partition coefficient (Wildman–Crippen LogP) is 2.44. The Morgan fingerprint density at radius 2 is 2.07 bits per heavy atom. The van der Waals surface area contributed by atoms with Crippen molar-refractivity contribution in [2.75, 3.05) is 38.6 Å². The van der Waals surface area contributed by atoms with Crippen molar-refractivity contribution in [1.82, 2.24) is 20.5 Å². The molecule has 0 spiro atoms. The molecule has 0 radical (unpaired) electrons. The molecule has 0 unspecified atom stereocenters. The Kier molecular flexibility index (Phi) is 9.25. The van der Waals surface area contributed by atoms with Gasteiger partial charge in [-0.3, -0.25) is 0 Å². The van der Waals surface area contributed by atoms with Gasteiger partial charge in [-0.1, -0.05) is 0 Å². The first-order chi connectivity index (χ1) is 12.7. The number of nitrogens with one attached hydrogen (secondary N) is 2. The van der Waals surface area contributed by atoms with E-state index in [2.05, 4.69) is 20.6 Å². The molecule has 9 heteroatoms. The van der Waals surface area contributed by atoms with Crippen LogP contribution in [0, 0.1) is 0 Å². The van der Waals surface area contributed by atoms with Crippen molar-refractivity contribution in [1.29, 1.82) is 0 Å². The standard InChI is InChI=1S/C19H32N6O2.HI/c1-7-20-17(22-11-14-8-9-21-16(10-14)24(5)6)23-15-12-25(13-15)18(26)27-19(2,3)4;/h8-10,15H,7,11-13H2,1-6H3,(H2,20,22,23);1H. The summed E-state index contributed by atoms with van der Waals surface area (Å²) in [4.78, 5) is 24.6. The molecule has 0 aliphatic carbocycles. The summed E-state index contributed by atoms with van der Waals surface area (Å²) in [6.45, 7) is 10.2. The van der Waals surface area contributed by atoms with Crippen molar-refractivity contribution in [3.63, 3.8) is 0 Å². The third-order valence-corrected chi connectivity index (χ3v) is 3.91. The van der Waals surface area contributed by atoms with Gasteiger partial charge in [-0.25, -0.2) is 14.8 Å². The molecule has 2 rings (SSSR count). The summed E-state index contributed by atoms with van der Waals surface area (Å²) in [5, 5.41) is 6.62. The highest BCUT2D eigenvalue weighted by molar-refractivity contribution is 14.0. The van der Waals surface area contributed by atoms with Crippen LogP contribution in [0.15, 0.2) is 23.3 Å². The quantitative estimate of drug-likeness (QED) is 0.364. The summed E-state index contributed by atoms with van der Waals surface area (Å²) >= 11 is 0. The molecule has 1 aliphatic heterocycles. The third-order valence-electron chi connectivity index (χ3n) is 3.91. The monoisotopic (exact) mass is 504 g/mol. The van der Waals surface area contributed by atoms with E-state index in [0.29, 0.717) is 19.6 Å². The van der Waals surface area contributed by atoms with Crippen LogP contribution < -0.4 is 15.5 Å². The van der Waals surface area contributed by atoms with E-state index in [-0.39, 0.29) is 36.1 Å². The van der Waals surface area contributed by atoms with Gasteiger partial charge in [-0.05, 0) is 45.4 Å². The molecule has 0 atom stereocenters. The number of pyridine rings is 1. The van der Waals surface area contributed by atoms with Crippen LogP contribution in [0.1, 0.15) is 33.3 Å². The van der Waals surface area contributed by atoms with Gasteiger partial charge < -0.3 is 25.2 Å². The Bertz CT molecular complexity index is 669. The second kappa shape index (κ2) is 10.7. The van der Waals surface area contributed by atoms with E-state index >= 15 is 0 Å². The van der Waals surface area contributed by atoms with E-state index in [1.165, 1.54) is 0 Å². The second-order valence-electron chi connectivity index (χ2n) is 7.84. The number of likely N-dealkylation sites (tertiary alicyclic amines) is 1. The number of anilines is 1. The van der Waals surface area contributed by atoms with Crippen LogP contribution in [0.4, 0.5) is 10.6 Å². The maximum absolute atomic E-state index is 12.0. The average molecular weight is 504 g/mol. The van der Waals surface area contributed by atoms with Crippen LogP contribution >= 0.6 is 24.0 Å². The molecule has 0 saturated carbocycles. The Hall–Kier alpha value is -1.78. The smallest absolute Gasteiger partial charge is 0.410 e. The van der Waals surface area contributed by atoms with E-state index in [4.69, 9.17) is 4.74 Å². The predicted molar refractivity (Wildman–Crippen MR) is 124 cm³/mol. The zero-order valence-electron chi connectivity index (χ0n) is 17.7. The first-order valence-electron chi connectivity index (χ1n) is 9.33. The molecule has 0 aromatic carbocycles. The molecule has 2 heterocycles. The molecule has 158 valence electrons. The molecule has 1 amide bonds. The zero-order chi connectivity index (χ0) is 20.0. The lowest BCUT2D eigenvalue weighted by atomic mass is 10.1. The third kappa shape index (κ3) is 7.69. The maximum Gasteiger partial charge on any atom is 0.410 e. The normalized spacial score (nSPS) is 14.6. The lowest BCUT2D eigenvalue weighted by Crippen LogP contribution is -2.63. The number of carbonyl (C=O) groups is 1. The van der Waals surface area contributed by atoms with Gasteiger partial charge in [-0.2, -0.15) is 0 Å². The van der Waals surface area contributed by atoms with E-state index in [0.717, 1.165) is 23.9 Å². The number of halogens is 1. The summed E-state index contributed by atoms with van der Waals surface area (Å²) in [6, 6.07) is 4.17. The largest absolute Gasteiger partial charge is 0.444 e. The van der Waals surface area contributed by atoms with Crippen LogP contribution in [0.2, 0.25) is 0 Å². The molecule has 2 N–H and O–H groups in total. The average Bonchev–Trinajstić information content (AvgIpc) is 2.53. The topological polar surface area (TPSA) is 82.1 Å². The fraction of sp³-hybridized carbons (Fsp3) is 0.632. The summed E-state index contributed by atoms with van der Waals surface area (Å²) < 4.78 is 5.38. The first-order valence-corrected chi connectivity index (χ1v) is 9.33. The molecule has 8 nitrogen and oxygen atoms in total. The van der Waals surface area contributed by atoms with Crippen LogP contribution in [0.25, 0.3) is 0 Å². The molecule has 1 aromatic heterocycles. The van der Waals surface area contributed by atoms with Crippen molar-refractivity contribution < 1.29 is 9.53 Å². The fourth-order valence-electron chi connectivity index (χ4n) is 2.53. The summed E-state index contributed by atoms with van der Waals surface area (Å²) in [5.74, 6) is 1.65. The molecule has 1 aromatic rings. The highest BCUT2D eigenvalue weighted by Gasteiger charge is 2.34. The first kappa shape index (κ1) is 24.3. The Labute approximate surface area is 185 Å². The van der Waals surface area contributed by atoms with E-state index in [1.807, 2.05) is 58.8 Å². The molecule has 1 saturated heterocycles. The van der Waals surface area contributed by atoms with Crippen LogP contribution in [0.5, 0.6) is 0 Å². The molecule has 0 bridgehead atoms. The van der Waals surface area contributed by atoms with Gasteiger partial charge in [0.1, 0.15) is 11.4 Å². The van der Waals surface area contributed by atoms with Crippen molar-refractivity contribution >= 4 is 41.8 Å². The summed E-state index contributed by atoms with van der Waals surface area (Å²) in [6.07, 6.45) is 1.53. The Morgan fingerprint density at radius 3 is 2.64 bits per heavy atom. The van der Waals surface area contributed by atoms with Crippen molar-refractivity contribution in [3.05, 3.63) is 23.9 Å². The van der Waals surface area contributed by atoms with Crippen LogP contribution in [-0.4, -0.2) is 67.3 Å². The highest BCUT2D eigenvalue weighted by atomic mass is 127. The van der Waals surface area contributed by atoms with Gasteiger partial charge in [0, 0.05) is 39.9 Å².